The van der Waals surface area contributed by atoms with Gasteiger partial charge in [0.2, 0.25) is 0 Å². The van der Waals surface area contributed by atoms with Crippen LogP contribution in [-0.4, -0.2) is 14.2 Å². The van der Waals surface area contributed by atoms with E-state index in [1.165, 1.54) is 15.9 Å². The maximum Gasteiger partial charge on any atom is 0.123 e. The summed E-state index contributed by atoms with van der Waals surface area (Å²) in [6.45, 7) is 0. The van der Waals surface area contributed by atoms with Crippen LogP contribution in [-0.2, 0) is 5.33 Å². The second kappa shape index (κ2) is 12.3. The van der Waals surface area contributed by atoms with Gasteiger partial charge in [-0.15, -0.1) is 0 Å². The molecule has 0 fully saturated rings. The van der Waals surface area contributed by atoms with E-state index in [2.05, 4.69) is 107 Å². The van der Waals surface area contributed by atoms with Crippen molar-refractivity contribution in [2.24, 2.45) is 0 Å². The van der Waals surface area contributed by atoms with Crippen molar-refractivity contribution >= 4 is 39.8 Å². The fraction of sp³-hybridized carbons (Fsp3) is 0.111. The van der Waals surface area contributed by atoms with Crippen molar-refractivity contribution in [3.05, 3.63) is 115 Å². The first-order valence-electron chi connectivity index (χ1n) is 9.99. The van der Waals surface area contributed by atoms with E-state index in [0.717, 1.165) is 22.4 Å². The van der Waals surface area contributed by atoms with Crippen molar-refractivity contribution < 1.29 is 9.47 Å². The second-order valence-electron chi connectivity index (χ2n) is 6.65. The largest absolute Gasteiger partial charge is 0.497 e. The number of hydrogen-bond donors (Lipinski definition) is 0. The van der Waals surface area contributed by atoms with E-state index >= 15 is 0 Å². The number of halogens is 1. The Labute approximate surface area is 194 Å². The van der Waals surface area contributed by atoms with E-state index in [9.17, 15) is 0 Å². The zero-order valence-electron chi connectivity index (χ0n) is 17.7. The smallest absolute Gasteiger partial charge is 0.123 e. The molecule has 0 N–H and O–H groups in total. The topological polar surface area (TPSA) is 18.5 Å². The number of rotatable bonds is 6. The first-order chi connectivity index (χ1) is 15.3. The number of methoxy groups -OCH3 is 2. The van der Waals surface area contributed by atoms with Crippen molar-refractivity contribution in [3.63, 3.8) is 0 Å². The van der Waals surface area contributed by atoms with Gasteiger partial charge in [0.1, 0.15) is 11.5 Å². The average molecular weight is 493 g/mol. The van der Waals surface area contributed by atoms with Gasteiger partial charge in [-0.1, -0.05) is 107 Å². The lowest BCUT2D eigenvalue weighted by Crippen LogP contribution is -2.20. The van der Waals surface area contributed by atoms with Gasteiger partial charge in [-0.2, -0.15) is 0 Å². The number of benzene rings is 4. The van der Waals surface area contributed by atoms with Gasteiger partial charge in [-0.05, 0) is 42.0 Å². The predicted molar refractivity (Wildman–Crippen MR) is 137 cm³/mol. The molecule has 0 saturated carbocycles. The summed E-state index contributed by atoms with van der Waals surface area (Å²) in [4.78, 5) is 0. The molecular formula is C27H26BrO2P. The zero-order valence-corrected chi connectivity index (χ0v) is 20.2. The summed E-state index contributed by atoms with van der Waals surface area (Å²) in [6.07, 6.45) is 0. The highest BCUT2D eigenvalue weighted by atomic mass is 79.9. The lowest BCUT2D eigenvalue weighted by Gasteiger charge is -2.18. The lowest BCUT2D eigenvalue weighted by atomic mass is 10.2. The molecule has 4 heteroatoms. The minimum Gasteiger partial charge on any atom is -0.497 e. The molecule has 0 aliphatic carbocycles. The minimum absolute atomic E-state index is 0.446. The standard InChI is InChI=1S/C18H15P.C9H11BrO2/c1-4-10-16(11-5-1)19(17-12-6-2-7-13-17)18-14-8-3-9-15-18;1-11-8-3-4-9(12-2)7(5-8)6-10/h1-15H;3-5H,6H2,1-2H3. The quantitative estimate of drug-likeness (QED) is 0.241. The SMILES string of the molecule is COc1ccc(OC)c(CBr)c1.c1ccc(P(c2ccccc2)c2ccccc2)cc1. The maximum atomic E-state index is 5.15. The highest BCUT2D eigenvalue weighted by Crippen LogP contribution is 2.32. The van der Waals surface area contributed by atoms with Crippen LogP contribution in [0.2, 0.25) is 0 Å². The first-order valence-corrected chi connectivity index (χ1v) is 12.4. The Morgan fingerprint density at radius 2 is 1.06 bits per heavy atom. The summed E-state index contributed by atoms with van der Waals surface area (Å²) < 4.78 is 10.2. The maximum absolute atomic E-state index is 5.15. The molecule has 0 unspecified atom stereocenters. The average Bonchev–Trinajstić information content (AvgIpc) is 2.86. The summed E-state index contributed by atoms with van der Waals surface area (Å²) >= 11 is 3.38. The van der Waals surface area contributed by atoms with Gasteiger partial charge in [0.25, 0.3) is 0 Å². The van der Waals surface area contributed by atoms with Crippen molar-refractivity contribution in [2.45, 2.75) is 5.33 Å². The van der Waals surface area contributed by atoms with Gasteiger partial charge in [-0.3, -0.25) is 0 Å². The van der Waals surface area contributed by atoms with Crippen molar-refractivity contribution in [3.8, 4) is 11.5 Å². The van der Waals surface area contributed by atoms with E-state index in [1.807, 2.05) is 18.2 Å². The van der Waals surface area contributed by atoms with Crippen LogP contribution >= 0.6 is 23.9 Å². The van der Waals surface area contributed by atoms with Gasteiger partial charge in [-0.25, -0.2) is 0 Å². The number of alkyl halides is 1. The molecule has 4 aromatic carbocycles. The zero-order chi connectivity index (χ0) is 21.9. The van der Waals surface area contributed by atoms with Gasteiger partial charge >= 0.3 is 0 Å². The molecule has 0 amide bonds. The van der Waals surface area contributed by atoms with Gasteiger partial charge in [0.15, 0.2) is 0 Å². The molecule has 2 nitrogen and oxygen atoms in total. The van der Waals surface area contributed by atoms with E-state index in [0.29, 0.717) is 0 Å². The van der Waals surface area contributed by atoms with Crippen LogP contribution in [0.5, 0.6) is 11.5 Å². The molecule has 0 heterocycles. The third kappa shape index (κ3) is 6.43. The molecule has 158 valence electrons. The van der Waals surface area contributed by atoms with Gasteiger partial charge < -0.3 is 9.47 Å². The van der Waals surface area contributed by atoms with E-state index < -0.39 is 7.92 Å². The summed E-state index contributed by atoms with van der Waals surface area (Å²) in [5, 5.41) is 4.97. The molecule has 0 radical (unpaired) electrons. The molecule has 31 heavy (non-hydrogen) atoms. The van der Waals surface area contributed by atoms with Crippen LogP contribution in [0.3, 0.4) is 0 Å². The molecular weight excluding hydrogens is 467 g/mol. The number of ether oxygens (including phenoxy) is 2. The van der Waals surface area contributed by atoms with Crippen LogP contribution in [0.25, 0.3) is 0 Å². The fourth-order valence-corrected chi connectivity index (χ4v) is 5.91. The fourth-order valence-electron chi connectivity index (χ4n) is 3.16. The Morgan fingerprint density at radius 1 is 0.613 bits per heavy atom. The van der Waals surface area contributed by atoms with Crippen molar-refractivity contribution in [1.82, 2.24) is 0 Å². The van der Waals surface area contributed by atoms with E-state index in [-0.39, 0.29) is 0 Å². The molecule has 4 aromatic rings. The van der Waals surface area contributed by atoms with E-state index in [4.69, 9.17) is 9.47 Å². The van der Waals surface area contributed by atoms with Crippen LogP contribution in [0.15, 0.2) is 109 Å². The molecule has 0 aromatic heterocycles. The first kappa shape index (κ1) is 23.1. The van der Waals surface area contributed by atoms with Gasteiger partial charge in [0, 0.05) is 10.9 Å². The summed E-state index contributed by atoms with van der Waals surface area (Å²) in [5.41, 5.74) is 1.09. The normalized spacial score (nSPS) is 10.2. The molecule has 0 spiro atoms. The molecule has 0 aliphatic rings. The molecule has 4 rings (SSSR count). The Bertz CT molecular complexity index is 947. The lowest BCUT2D eigenvalue weighted by molar-refractivity contribution is 0.400. The minimum atomic E-state index is -0.446. The highest BCUT2D eigenvalue weighted by molar-refractivity contribution is 9.08. The Morgan fingerprint density at radius 3 is 1.42 bits per heavy atom. The van der Waals surface area contributed by atoms with Crippen LogP contribution in [0.4, 0.5) is 0 Å². The Balaban J connectivity index is 0.000000196. The number of hydrogen-bond acceptors (Lipinski definition) is 2. The third-order valence-electron chi connectivity index (χ3n) is 4.67. The monoisotopic (exact) mass is 492 g/mol. The predicted octanol–water partition coefficient (Wildman–Crippen LogP) is 6.04. The van der Waals surface area contributed by atoms with Crippen molar-refractivity contribution in [1.29, 1.82) is 0 Å². The van der Waals surface area contributed by atoms with Gasteiger partial charge in [0.05, 0.1) is 14.2 Å². The van der Waals surface area contributed by atoms with Crippen LogP contribution in [0, 0.1) is 0 Å². The molecule has 0 saturated heterocycles. The molecule has 0 aliphatic heterocycles. The Hall–Kier alpha value is -2.61. The van der Waals surface area contributed by atoms with Crippen LogP contribution in [0.1, 0.15) is 5.56 Å². The Kier molecular flexibility index (Phi) is 9.15. The highest BCUT2D eigenvalue weighted by Gasteiger charge is 2.15. The van der Waals surface area contributed by atoms with E-state index in [1.54, 1.807) is 14.2 Å². The summed E-state index contributed by atoms with van der Waals surface area (Å²) in [5.74, 6) is 1.73. The second-order valence-corrected chi connectivity index (χ2v) is 9.43. The summed E-state index contributed by atoms with van der Waals surface area (Å²) in [7, 11) is 2.87. The molecule has 0 bridgehead atoms. The van der Waals surface area contributed by atoms with Crippen molar-refractivity contribution in [2.75, 3.05) is 14.2 Å². The molecule has 0 atom stereocenters. The summed E-state index contributed by atoms with van der Waals surface area (Å²) in [6, 6.07) is 38.1. The third-order valence-corrected chi connectivity index (χ3v) is 7.72. The van der Waals surface area contributed by atoms with Crippen LogP contribution < -0.4 is 25.4 Å².